The molecule has 0 aromatic rings. The van der Waals surface area contributed by atoms with Crippen LogP contribution in [-0.2, 0) is 0 Å². The van der Waals surface area contributed by atoms with Gasteiger partial charge in [0.25, 0.3) is 0 Å². The summed E-state index contributed by atoms with van der Waals surface area (Å²) in [7, 11) is 4.29. The van der Waals surface area contributed by atoms with Crippen LogP contribution in [-0.4, -0.2) is 25.5 Å². The van der Waals surface area contributed by atoms with Crippen molar-refractivity contribution in [1.29, 1.82) is 0 Å². The van der Waals surface area contributed by atoms with Gasteiger partial charge in [0.05, 0.1) is 0 Å². The molecule has 1 nitrogen and oxygen atoms in total. The van der Waals surface area contributed by atoms with E-state index in [9.17, 15) is 0 Å². The molecule has 0 fully saturated rings. The first-order valence-corrected chi connectivity index (χ1v) is 6.07. The van der Waals surface area contributed by atoms with E-state index in [0.29, 0.717) is 0 Å². The summed E-state index contributed by atoms with van der Waals surface area (Å²) >= 11 is 0. The van der Waals surface area contributed by atoms with E-state index in [-0.39, 0.29) is 0 Å². The van der Waals surface area contributed by atoms with E-state index in [0.717, 1.165) is 0 Å². The molecule has 0 unspecified atom stereocenters. The fourth-order valence-corrected chi connectivity index (χ4v) is 1.45. The maximum atomic E-state index is 2.34. The van der Waals surface area contributed by atoms with Crippen LogP contribution in [0.4, 0.5) is 0 Å². The zero-order valence-electron chi connectivity index (χ0n) is 10.3. The highest BCUT2D eigenvalue weighted by atomic mass is 15.0. The van der Waals surface area contributed by atoms with Crippen molar-refractivity contribution in [2.24, 2.45) is 0 Å². The van der Waals surface area contributed by atoms with Crippen molar-refractivity contribution in [2.75, 3.05) is 20.6 Å². The van der Waals surface area contributed by atoms with E-state index in [2.05, 4.69) is 38.1 Å². The van der Waals surface area contributed by atoms with E-state index in [1.807, 2.05) is 0 Å². The second kappa shape index (κ2) is 10.8. The van der Waals surface area contributed by atoms with Crippen molar-refractivity contribution >= 4 is 0 Å². The molecule has 0 amide bonds. The molecule has 0 aromatic carbocycles. The molecule has 0 rings (SSSR count). The molecule has 0 atom stereocenters. The molecule has 0 radical (unpaired) electrons. The molecule has 0 aliphatic rings. The lowest BCUT2D eigenvalue weighted by molar-refractivity contribution is 0.390. The number of nitrogens with zero attached hydrogens (tertiary/aromatic N) is 1. The Morgan fingerprint density at radius 1 is 0.857 bits per heavy atom. The Morgan fingerprint density at radius 3 is 2.14 bits per heavy atom. The molecule has 0 saturated carbocycles. The topological polar surface area (TPSA) is 3.24 Å². The maximum absolute atomic E-state index is 2.34. The number of hydrogen-bond acceptors (Lipinski definition) is 1. The Bertz CT molecular complexity index is 127. The lowest BCUT2D eigenvalue weighted by Crippen LogP contribution is -2.12. The van der Waals surface area contributed by atoms with Gasteiger partial charge in [-0.1, -0.05) is 38.3 Å². The van der Waals surface area contributed by atoms with Gasteiger partial charge in [0.15, 0.2) is 0 Å². The SMILES string of the molecule is CCC/C=C/CCCCCCN(C)C. The van der Waals surface area contributed by atoms with Gasteiger partial charge >= 0.3 is 0 Å². The number of rotatable bonds is 9. The Kier molecular flexibility index (Phi) is 10.5. The Balaban J connectivity index is 2.99. The van der Waals surface area contributed by atoms with Crippen molar-refractivity contribution in [2.45, 2.75) is 51.9 Å². The summed E-state index contributed by atoms with van der Waals surface area (Å²) in [4.78, 5) is 2.27. The molecule has 0 N–H and O–H groups in total. The van der Waals surface area contributed by atoms with Crippen LogP contribution >= 0.6 is 0 Å². The Hall–Kier alpha value is -0.300. The summed E-state index contributed by atoms with van der Waals surface area (Å²) in [6.07, 6.45) is 14.0. The van der Waals surface area contributed by atoms with Crippen molar-refractivity contribution in [3.63, 3.8) is 0 Å². The molecule has 0 saturated heterocycles. The Labute approximate surface area is 90.2 Å². The average Bonchev–Trinajstić information content (AvgIpc) is 2.15. The Morgan fingerprint density at radius 2 is 1.50 bits per heavy atom. The molecular formula is C13H27N. The van der Waals surface area contributed by atoms with E-state index in [1.165, 1.54) is 51.5 Å². The smallest absolute Gasteiger partial charge is 0.00248 e. The third-order valence-electron chi connectivity index (χ3n) is 2.35. The number of allylic oxidation sites excluding steroid dienone is 2. The van der Waals surface area contributed by atoms with Gasteiger partial charge in [-0.05, 0) is 46.3 Å². The number of hydrogen-bond donors (Lipinski definition) is 0. The maximum Gasteiger partial charge on any atom is -0.00248 e. The van der Waals surface area contributed by atoms with Crippen LogP contribution < -0.4 is 0 Å². The van der Waals surface area contributed by atoms with Gasteiger partial charge in [-0.2, -0.15) is 0 Å². The van der Waals surface area contributed by atoms with Gasteiger partial charge in [0.2, 0.25) is 0 Å². The van der Waals surface area contributed by atoms with Crippen molar-refractivity contribution in [3.05, 3.63) is 12.2 Å². The van der Waals surface area contributed by atoms with E-state index in [4.69, 9.17) is 0 Å². The van der Waals surface area contributed by atoms with Crippen LogP contribution in [0.3, 0.4) is 0 Å². The molecule has 1 heteroatoms. The van der Waals surface area contributed by atoms with Gasteiger partial charge in [0.1, 0.15) is 0 Å². The third kappa shape index (κ3) is 11.7. The van der Waals surface area contributed by atoms with Gasteiger partial charge in [-0.25, -0.2) is 0 Å². The second-order valence-corrected chi connectivity index (χ2v) is 4.27. The predicted molar refractivity (Wildman–Crippen MR) is 65.7 cm³/mol. The van der Waals surface area contributed by atoms with Gasteiger partial charge in [-0.15, -0.1) is 0 Å². The predicted octanol–water partition coefficient (Wildman–Crippen LogP) is 3.85. The molecule has 0 bridgehead atoms. The summed E-state index contributed by atoms with van der Waals surface area (Å²) in [5.74, 6) is 0. The average molecular weight is 197 g/mol. The highest BCUT2D eigenvalue weighted by Crippen LogP contribution is 2.04. The highest BCUT2D eigenvalue weighted by molar-refractivity contribution is 4.80. The van der Waals surface area contributed by atoms with Crippen LogP contribution in [0.5, 0.6) is 0 Å². The number of unbranched alkanes of at least 4 members (excludes halogenated alkanes) is 5. The quantitative estimate of drug-likeness (QED) is 0.401. The molecule has 0 aliphatic heterocycles. The molecule has 14 heavy (non-hydrogen) atoms. The third-order valence-corrected chi connectivity index (χ3v) is 2.35. The monoisotopic (exact) mass is 197 g/mol. The van der Waals surface area contributed by atoms with E-state index < -0.39 is 0 Å². The minimum atomic E-state index is 1.24. The first-order valence-electron chi connectivity index (χ1n) is 6.07. The summed E-state index contributed by atoms with van der Waals surface area (Å²) in [6.45, 7) is 3.47. The fourth-order valence-electron chi connectivity index (χ4n) is 1.45. The zero-order valence-corrected chi connectivity index (χ0v) is 10.3. The lowest BCUT2D eigenvalue weighted by atomic mass is 10.1. The van der Waals surface area contributed by atoms with Crippen LogP contribution in [0.25, 0.3) is 0 Å². The normalized spacial score (nSPS) is 11.7. The first-order chi connectivity index (χ1) is 6.77. The minimum absolute atomic E-state index is 1.24. The summed E-state index contributed by atoms with van der Waals surface area (Å²) in [5, 5.41) is 0. The fraction of sp³-hybridized carbons (Fsp3) is 0.846. The van der Waals surface area contributed by atoms with Gasteiger partial charge < -0.3 is 4.90 Å². The zero-order chi connectivity index (χ0) is 10.6. The van der Waals surface area contributed by atoms with Crippen LogP contribution in [0.2, 0.25) is 0 Å². The molecule has 0 spiro atoms. The van der Waals surface area contributed by atoms with Gasteiger partial charge in [0, 0.05) is 0 Å². The summed E-state index contributed by atoms with van der Waals surface area (Å²) in [6, 6.07) is 0. The molecular weight excluding hydrogens is 170 g/mol. The van der Waals surface area contributed by atoms with Crippen molar-refractivity contribution in [1.82, 2.24) is 4.90 Å². The largest absolute Gasteiger partial charge is 0.309 e. The standard InChI is InChI=1S/C13H27N/c1-4-5-6-7-8-9-10-11-12-13-14(2)3/h6-7H,4-5,8-13H2,1-3H3/b7-6+. The van der Waals surface area contributed by atoms with Crippen LogP contribution in [0.1, 0.15) is 51.9 Å². The van der Waals surface area contributed by atoms with Gasteiger partial charge in [-0.3, -0.25) is 0 Å². The van der Waals surface area contributed by atoms with E-state index >= 15 is 0 Å². The van der Waals surface area contributed by atoms with Crippen LogP contribution in [0.15, 0.2) is 12.2 Å². The summed E-state index contributed by atoms with van der Waals surface area (Å²) < 4.78 is 0. The molecule has 84 valence electrons. The molecule has 0 heterocycles. The van der Waals surface area contributed by atoms with Crippen molar-refractivity contribution in [3.8, 4) is 0 Å². The second-order valence-electron chi connectivity index (χ2n) is 4.27. The van der Waals surface area contributed by atoms with Crippen LogP contribution in [0, 0.1) is 0 Å². The summed E-state index contributed by atoms with van der Waals surface area (Å²) in [5.41, 5.74) is 0. The highest BCUT2D eigenvalue weighted by Gasteiger charge is 1.90. The first kappa shape index (κ1) is 13.7. The minimum Gasteiger partial charge on any atom is -0.309 e. The molecule has 0 aliphatic carbocycles. The molecule has 0 aromatic heterocycles. The van der Waals surface area contributed by atoms with Crippen molar-refractivity contribution < 1.29 is 0 Å². The lowest BCUT2D eigenvalue weighted by Gasteiger charge is -2.07. The van der Waals surface area contributed by atoms with E-state index in [1.54, 1.807) is 0 Å².